The molecule has 5 nitrogen and oxygen atoms in total. The molecule has 6 heteroatoms. The van der Waals surface area contributed by atoms with Crippen molar-refractivity contribution in [2.24, 2.45) is 11.8 Å². The number of halogens is 1. The summed E-state index contributed by atoms with van der Waals surface area (Å²) in [6, 6.07) is 3.60. The predicted octanol–water partition coefficient (Wildman–Crippen LogP) is 2.94. The number of aliphatic hydroxyl groups excluding tert-OH is 1. The highest BCUT2D eigenvalue weighted by atomic mass is 19.1. The largest absolute Gasteiger partial charge is 0.396 e. The van der Waals surface area contributed by atoms with Crippen LogP contribution in [0.3, 0.4) is 0 Å². The molecule has 2 atom stereocenters. The van der Waals surface area contributed by atoms with Gasteiger partial charge in [0.05, 0.1) is 16.7 Å². The number of hydrogen-bond acceptors (Lipinski definition) is 4. The van der Waals surface area contributed by atoms with Gasteiger partial charge in [0.25, 0.3) is 5.69 Å². The van der Waals surface area contributed by atoms with E-state index in [0.29, 0.717) is 12.5 Å². The minimum absolute atomic E-state index is 0.162. The van der Waals surface area contributed by atoms with Crippen LogP contribution in [0.25, 0.3) is 0 Å². The van der Waals surface area contributed by atoms with E-state index >= 15 is 0 Å². The number of nitrogens with one attached hydrogen (secondary N) is 1. The van der Waals surface area contributed by atoms with Crippen molar-refractivity contribution < 1.29 is 14.4 Å². The number of aliphatic hydroxyl groups is 1. The van der Waals surface area contributed by atoms with Crippen molar-refractivity contribution in [1.82, 2.24) is 0 Å². The third-order valence-electron chi connectivity index (χ3n) is 4.02. The number of nitro benzene ring substituents is 1. The Morgan fingerprint density at radius 2 is 2.05 bits per heavy atom. The molecule has 0 saturated heterocycles. The number of nitrogens with zero attached hydrogens (tertiary/aromatic N) is 1. The van der Waals surface area contributed by atoms with Crippen LogP contribution < -0.4 is 5.32 Å². The second kappa shape index (κ2) is 6.65. The maximum Gasteiger partial charge on any atom is 0.272 e. The van der Waals surface area contributed by atoms with E-state index in [0.717, 1.165) is 31.7 Å². The average molecular weight is 282 g/mol. The first-order valence-corrected chi connectivity index (χ1v) is 6.90. The van der Waals surface area contributed by atoms with Gasteiger partial charge in [0.2, 0.25) is 0 Å². The van der Waals surface area contributed by atoms with Crippen LogP contribution in [0.2, 0.25) is 0 Å². The topological polar surface area (TPSA) is 75.4 Å². The summed E-state index contributed by atoms with van der Waals surface area (Å²) in [6.07, 6.45) is 4.29. The van der Waals surface area contributed by atoms with E-state index in [-0.39, 0.29) is 23.9 Å². The van der Waals surface area contributed by atoms with Crippen molar-refractivity contribution in [3.05, 3.63) is 34.1 Å². The molecule has 2 N–H and O–H groups in total. The monoisotopic (exact) mass is 282 g/mol. The van der Waals surface area contributed by atoms with Crippen LogP contribution in [0.5, 0.6) is 0 Å². The summed E-state index contributed by atoms with van der Waals surface area (Å²) in [5, 5.41) is 22.9. The molecule has 1 aliphatic rings. The Hall–Kier alpha value is -1.69. The number of nitro groups is 1. The van der Waals surface area contributed by atoms with Crippen LogP contribution in [0.4, 0.5) is 15.8 Å². The molecule has 0 aliphatic heterocycles. The lowest BCUT2D eigenvalue weighted by Gasteiger charge is -2.30. The first-order valence-electron chi connectivity index (χ1n) is 6.90. The molecule has 110 valence electrons. The van der Waals surface area contributed by atoms with Crippen LogP contribution >= 0.6 is 0 Å². The maximum atomic E-state index is 13.7. The number of benzene rings is 1. The van der Waals surface area contributed by atoms with Crippen molar-refractivity contribution in [2.45, 2.75) is 25.7 Å². The number of anilines is 1. The van der Waals surface area contributed by atoms with Gasteiger partial charge in [-0.3, -0.25) is 10.1 Å². The molecule has 1 aromatic carbocycles. The molecule has 0 amide bonds. The highest BCUT2D eigenvalue weighted by molar-refractivity contribution is 5.50. The summed E-state index contributed by atoms with van der Waals surface area (Å²) < 4.78 is 13.7. The minimum Gasteiger partial charge on any atom is -0.396 e. The molecule has 2 unspecified atom stereocenters. The highest BCUT2D eigenvalue weighted by Crippen LogP contribution is 2.30. The van der Waals surface area contributed by atoms with Gasteiger partial charge < -0.3 is 10.4 Å². The molecule has 0 aromatic heterocycles. The fourth-order valence-corrected chi connectivity index (χ4v) is 2.80. The Morgan fingerprint density at radius 3 is 2.65 bits per heavy atom. The maximum absolute atomic E-state index is 13.7. The van der Waals surface area contributed by atoms with Crippen LogP contribution in [0, 0.1) is 27.8 Å². The van der Waals surface area contributed by atoms with Crippen LogP contribution in [-0.4, -0.2) is 23.2 Å². The average Bonchev–Trinajstić information content (AvgIpc) is 2.46. The summed E-state index contributed by atoms with van der Waals surface area (Å²) >= 11 is 0. The standard InChI is InChI=1S/C14H19FN2O3/c15-13-7-12(17(19)20)5-6-14(13)16-8-10-3-1-2-4-11(10)9-18/h5-7,10-11,16,18H,1-4,8-9H2. The van der Waals surface area contributed by atoms with Crippen LogP contribution in [0.1, 0.15) is 25.7 Å². The molecule has 20 heavy (non-hydrogen) atoms. The van der Waals surface area contributed by atoms with Gasteiger partial charge in [-0.15, -0.1) is 0 Å². The highest BCUT2D eigenvalue weighted by Gasteiger charge is 2.24. The summed E-state index contributed by atoms with van der Waals surface area (Å²) in [5.74, 6) is -0.0312. The van der Waals surface area contributed by atoms with Crippen molar-refractivity contribution in [2.75, 3.05) is 18.5 Å². The van der Waals surface area contributed by atoms with Gasteiger partial charge in [-0.25, -0.2) is 4.39 Å². The molecule has 0 heterocycles. The number of hydrogen-bond donors (Lipinski definition) is 2. The molecule has 0 radical (unpaired) electrons. The third kappa shape index (κ3) is 3.45. The molecule has 1 fully saturated rings. The lowest BCUT2D eigenvalue weighted by molar-refractivity contribution is -0.385. The summed E-state index contributed by atoms with van der Waals surface area (Å²) in [6.45, 7) is 0.745. The number of non-ortho nitro benzene ring substituents is 1. The second-order valence-corrected chi connectivity index (χ2v) is 5.29. The first-order chi connectivity index (χ1) is 9.61. The Bertz CT molecular complexity index is 481. The zero-order valence-electron chi connectivity index (χ0n) is 11.2. The summed E-state index contributed by atoms with van der Waals surface area (Å²) in [7, 11) is 0. The van der Waals surface area contributed by atoms with E-state index in [1.807, 2.05) is 0 Å². The van der Waals surface area contributed by atoms with Gasteiger partial charge in [0, 0.05) is 19.2 Å². The van der Waals surface area contributed by atoms with Gasteiger partial charge in [0.15, 0.2) is 5.82 Å². The van der Waals surface area contributed by atoms with Crippen LogP contribution in [-0.2, 0) is 0 Å². The molecule has 1 aliphatic carbocycles. The Labute approximate surface area is 117 Å². The van der Waals surface area contributed by atoms with Crippen molar-refractivity contribution in [1.29, 1.82) is 0 Å². The van der Waals surface area contributed by atoms with E-state index < -0.39 is 10.7 Å². The third-order valence-corrected chi connectivity index (χ3v) is 4.02. The van der Waals surface area contributed by atoms with Crippen LogP contribution in [0.15, 0.2) is 18.2 Å². The van der Waals surface area contributed by atoms with E-state index in [1.165, 1.54) is 12.1 Å². The zero-order chi connectivity index (χ0) is 14.5. The van der Waals surface area contributed by atoms with Crippen molar-refractivity contribution in [3.8, 4) is 0 Å². The van der Waals surface area contributed by atoms with Crippen molar-refractivity contribution in [3.63, 3.8) is 0 Å². The fourth-order valence-electron chi connectivity index (χ4n) is 2.80. The summed E-state index contributed by atoms with van der Waals surface area (Å²) in [4.78, 5) is 9.93. The second-order valence-electron chi connectivity index (χ2n) is 5.29. The van der Waals surface area contributed by atoms with Gasteiger partial charge in [-0.2, -0.15) is 0 Å². The first kappa shape index (κ1) is 14.7. The minimum atomic E-state index is -0.615. The van der Waals surface area contributed by atoms with Gasteiger partial charge in [0.1, 0.15) is 0 Å². The van der Waals surface area contributed by atoms with Gasteiger partial charge in [-0.1, -0.05) is 12.8 Å². The van der Waals surface area contributed by atoms with Gasteiger partial charge in [-0.05, 0) is 30.7 Å². The molecule has 0 spiro atoms. The smallest absolute Gasteiger partial charge is 0.272 e. The quantitative estimate of drug-likeness (QED) is 0.643. The summed E-state index contributed by atoms with van der Waals surface area (Å²) in [5.41, 5.74) is 0.0248. The SMILES string of the molecule is O=[N+]([O-])c1ccc(NCC2CCCCC2CO)c(F)c1. The normalized spacial score (nSPS) is 22.5. The lowest BCUT2D eigenvalue weighted by Crippen LogP contribution is -2.28. The zero-order valence-corrected chi connectivity index (χ0v) is 11.2. The Kier molecular flexibility index (Phi) is 4.89. The predicted molar refractivity (Wildman–Crippen MR) is 74.1 cm³/mol. The van der Waals surface area contributed by atoms with Crippen molar-refractivity contribution >= 4 is 11.4 Å². The van der Waals surface area contributed by atoms with E-state index in [4.69, 9.17) is 0 Å². The van der Waals surface area contributed by atoms with Gasteiger partial charge >= 0.3 is 0 Å². The van der Waals surface area contributed by atoms with E-state index in [1.54, 1.807) is 0 Å². The Balaban J connectivity index is 1.98. The Morgan fingerprint density at radius 1 is 1.35 bits per heavy atom. The molecule has 0 bridgehead atoms. The lowest BCUT2D eigenvalue weighted by atomic mass is 9.79. The van der Waals surface area contributed by atoms with E-state index in [2.05, 4.69) is 5.32 Å². The molecule has 2 rings (SSSR count). The molecular weight excluding hydrogens is 263 g/mol. The molecule has 1 saturated carbocycles. The molecule has 1 aromatic rings. The fraction of sp³-hybridized carbons (Fsp3) is 0.571. The molecular formula is C14H19FN2O3. The van der Waals surface area contributed by atoms with E-state index in [9.17, 15) is 19.6 Å². The number of rotatable bonds is 5.